The molecule has 0 saturated carbocycles. The molecule has 0 spiro atoms. The van der Waals surface area contributed by atoms with E-state index >= 15 is 0 Å². The Morgan fingerprint density at radius 2 is 1.62 bits per heavy atom. The second-order valence-electron chi connectivity index (χ2n) is 4.27. The van der Waals surface area contributed by atoms with Crippen LogP contribution in [0, 0.1) is 11.3 Å². The van der Waals surface area contributed by atoms with Gasteiger partial charge in [0, 0.05) is 6.42 Å². The molecule has 1 atom stereocenters. The number of ether oxygens (including phenoxy) is 1. The third-order valence-electron chi connectivity index (χ3n) is 2.75. The lowest BCUT2D eigenvalue weighted by atomic mass is 10.1. The van der Waals surface area contributed by atoms with Gasteiger partial charge in [-0.1, -0.05) is 56.3 Å². The van der Waals surface area contributed by atoms with Gasteiger partial charge in [0.2, 0.25) is 0 Å². The van der Waals surface area contributed by atoms with Crippen LogP contribution in [0.3, 0.4) is 0 Å². The van der Waals surface area contributed by atoms with Crippen LogP contribution >= 0.6 is 0 Å². The van der Waals surface area contributed by atoms with Gasteiger partial charge in [-0.15, -0.1) is 0 Å². The van der Waals surface area contributed by atoms with Gasteiger partial charge in [-0.25, -0.2) is 0 Å². The maximum absolute atomic E-state index is 9.24. The number of aliphatic hydroxyl groups is 1. The Morgan fingerprint density at radius 3 is 2.19 bits per heavy atom. The fraction of sp³-hybridized carbons (Fsp3) is 0.278. The van der Waals surface area contributed by atoms with Crippen molar-refractivity contribution in [3.8, 4) is 11.8 Å². The van der Waals surface area contributed by atoms with Gasteiger partial charge in [-0.05, 0) is 23.3 Å². The van der Waals surface area contributed by atoms with E-state index in [2.05, 4.69) is 0 Å². The monoisotopic (exact) mass is 283 g/mol. The van der Waals surface area contributed by atoms with Gasteiger partial charge >= 0.3 is 0 Å². The summed E-state index contributed by atoms with van der Waals surface area (Å²) in [5, 5.41) is 17.8. The van der Waals surface area contributed by atoms with Gasteiger partial charge in [0.05, 0.1) is 6.07 Å². The standard InChI is InChI=1S/C16H15NO2.C2H6/c17-11-15(18)10-13-6-8-16(9-7-13)19-12-14-4-2-1-3-5-14;1-2/h1-9,15,18H,10,12H2;1-2H3. The Kier molecular flexibility index (Phi) is 7.63. The molecule has 21 heavy (non-hydrogen) atoms. The van der Waals surface area contributed by atoms with Crippen molar-refractivity contribution >= 4 is 0 Å². The van der Waals surface area contributed by atoms with Crippen LogP contribution in [0.25, 0.3) is 0 Å². The molecule has 0 aliphatic carbocycles. The first-order chi connectivity index (χ1) is 10.3. The molecular formula is C18H21NO2. The minimum atomic E-state index is -0.948. The van der Waals surface area contributed by atoms with Crippen molar-refractivity contribution in [3.63, 3.8) is 0 Å². The van der Waals surface area contributed by atoms with Crippen LogP contribution in [-0.2, 0) is 13.0 Å². The molecule has 2 aromatic rings. The van der Waals surface area contributed by atoms with Crippen LogP contribution in [-0.4, -0.2) is 11.2 Å². The second-order valence-corrected chi connectivity index (χ2v) is 4.27. The molecule has 0 aliphatic heterocycles. The highest BCUT2D eigenvalue weighted by Crippen LogP contribution is 2.15. The van der Waals surface area contributed by atoms with E-state index in [4.69, 9.17) is 10.00 Å². The third-order valence-corrected chi connectivity index (χ3v) is 2.75. The maximum atomic E-state index is 9.24. The molecule has 0 bridgehead atoms. The van der Waals surface area contributed by atoms with Crippen molar-refractivity contribution in [1.29, 1.82) is 5.26 Å². The van der Waals surface area contributed by atoms with E-state index in [9.17, 15) is 5.11 Å². The Balaban J connectivity index is 0.00000106. The molecule has 110 valence electrons. The highest BCUT2D eigenvalue weighted by Gasteiger charge is 2.03. The zero-order chi connectivity index (χ0) is 15.5. The first kappa shape index (κ1) is 16.7. The summed E-state index contributed by atoms with van der Waals surface area (Å²) in [6.07, 6.45) is -0.605. The lowest BCUT2D eigenvalue weighted by Gasteiger charge is -2.07. The van der Waals surface area contributed by atoms with Crippen LogP contribution in [0.2, 0.25) is 0 Å². The summed E-state index contributed by atoms with van der Waals surface area (Å²) in [5.41, 5.74) is 2.03. The Labute approximate surface area is 126 Å². The molecule has 2 aromatic carbocycles. The zero-order valence-corrected chi connectivity index (χ0v) is 12.5. The van der Waals surface area contributed by atoms with Gasteiger partial charge in [0.1, 0.15) is 18.5 Å². The fourth-order valence-electron chi connectivity index (χ4n) is 1.73. The molecule has 0 radical (unpaired) electrons. The number of benzene rings is 2. The van der Waals surface area contributed by atoms with Crippen LogP contribution in [0.5, 0.6) is 5.75 Å². The first-order valence-corrected chi connectivity index (χ1v) is 7.11. The van der Waals surface area contributed by atoms with Gasteiger partial charge in [-0.2, -0.15) is 5.26 Å². The summed E-state index contributed by atoms with van der Waals surface area (Å²) >= 11 is 0. The van der Waals surface area contributed by atoms with E-state index in [1.807, 2.05) is 68.4 Å². The van der Waals surface area contributed by atoms with E-state index < -0.39 is 6.10 Å². The predicted octanol–water partition coefficient (Wildman–Crippen LogP) is 3.72. The average Bonchev–Trinajstić information content (AvgIpc) is 2.57. The van der Waals surface area contributed by atoms with Crippen molar-refractivity contribution in [1.82, 2.24) is 0 Å². The van der Waals surface area contributed by atoms with Crippen molar-refractivity contribution in [2.45, 2.75) is 33.0 Å². The lowest BCUT2D eigenvalue weighted by molar-refractivity contribution is 0.231. The summed E-state index contributed by atoms with van der Waals surface area (Å²) in [7, 11) is 0. The largest absolute Gasteiger partial charge is 0.489 e. The van der Waals surface area contributed by atoms with Crippen LogP contribution < -0.4 is 4.74 Å². The molecule has 0 aromatic heterocycles. The highest BCUT2D eigenvalue weighted by atomic mass is 16.5. The van der Waals surface area contributed by atoms with Crippen molar-refractivity contribution < 1.29 is 9.84 Å². The van der Waals surface area contributed by atoms with Gasteiger partial charge in [-0.3, -0.25) is 0 Å². The Hall–Kier alpha value is -2.31. The van der Waals surface area contributed by atoms with Gasteiger partial charge in [0.25, 0.3) is 0 Å². The number of nitriles is 1. The summed E-state index contributed by atoms with van der Waals surface area (Å²) in [4.78, 5) is 0. The zero-order valence-electron chi connectivity index (χ0n) is 12.5. The molecular weight excluding hydrogens is 262 g/mol. The second kappa shape index (κ2) is 9.57. The minimum Gasteiger partial charge on any atom is -0.489 e. The number of hydrogen-bond acceptors (Lipinski definition) is 3. The van der Waals surface area contributed by atoms with Crippen molar-refractivity contribution in [2.75, 3.05) is 0 Å². The number of nitrogens with zero attached hydrogens (tertiary/aromatic N) is 1. The summed E-state index contributed by atoms with van der Waals surface area (Å²) in [5.74, 6) is 0.777. The van der Waals surface area contributed by atoms with Gasteiger partial charge in [0.15, 0.2) is 0 Å². The van der Waals surface area contributed by atoms with E-state index in [0.717, 1.165) is 16.9 Å². The molecule has 3 heteroatoms. The van der Waals surface area contributed by atoms with Crippen molar-refractivity contribution in [3.05, 3.63) is 65.7 Å². The molecule has 1 unspecified atom stereocenters. The predicted molar refractivity (Wildman–Crippen MR) is 83.9 cm³/mol. The summed E-state index contributed by atoms with van der Waals surface area (Å²) < 4.78 is 5.65. The molecule has 0 saturated heterocycles. The molecule has 0 heterocycles. The molecule has 0 amide bonds. The third kappa shape index (κ3) is 6.11. The molecule has 1 N–H and O–H groups in total. The van der Waals surface area contributed by atoms with E-state index in [1.54, 1.807) is 6.07 Å². The lowest BCUT2D eigenvalue weighted by Crippen LogP contribution is -2.06. The summed E-state index contributed by atoms with van der Waals surface area (Å²) in [6.45, 7) is 4.53. The Bertz CT molecular complexity index is 544. The topological polar surface area (TPSA) is 53.2 Å². The van der Waals surface area contributed by atoms with Crippen molar-refractivity contribution in [2.24, 2.45) is 0 Å². The van der Waals surface area contributed by atoms with E-state index in [-0.39, 0.29) is 0 Å². The highest BCUT2D eigenvalue weighted by molar-refractivity contribution is 5.28. The van der Waals surface area contributed by atoms with Crippen LogP contribution in [0.15, 0.2) is 54.6 Å². The molecule has 0 fully saturated rings. The first-order valence-electron chi connectivity index (χ1n) is 7.11. The number of rotatable bonds is 5. The quantitative estimate of drug-likeness (QED) is 0.851. The smallest absolute Gasteiger partial charge is 0.144 e. The number of hydrogen-bond donors (Lipinski definition) is 1. The number of aliphatic hydroxyl groups excluding tert-OH is 1. The van der Waals surface area contributed by atoms with Crippen LogP contribution in [0.1, 0.15) is 25.0 Å². The van der Waals surface area contributed by atoms with E-state index in [1.165, 1.54) is 0 Å². The van der Waals surface area contributed by atoms with Crippen LogP contribution in [0.4, 0.5) is 0 Å². The summed E-state index contributed by atoms with van der Waals surface area (Å²) in [6, 6.07) is 19.2. The van der Waals surface area contributed by atoms with Gasteiger partial charge < -0.3 is 9.84 Å². The average molecular weight is 283 g/mol. The normalized spacial score (nSPS) is 10.8. The maximum Gasteiger partial charge on any atom is 0.144 e. The molecule has 3 nitrogen and oxygen atoms in total. The molecule has 2 rings (SSSR count). The fourth-order valence-corrected chi connectivity index (χ4v) is 1.73. The Morgan fingerprint density at radius 1 is 1.00 bits per heavy atom. The SMILES string of the molecule is CC.N#CC(O)Cc1ccc(OCc2ccccc2)cc1. The molecule has 0 aliphatic rings. The van der Waals surface area contributed by atoms with E-state index in [0.29, 0.717) is 13.0 Å². The minimum absolute atomic E-state index is 0.343.